The molecule has 1 unspecified atom stereocenters. The lowest BCUT2D eigenvalue weighted by Crippen LogP contribution is -2.37. The molecule has 0 amide bonds. The predicted octanol–water partition coefficient (Wildman–Crippen LogP) is 4.16. The first-order valence-corrected chi connectivity index (χ1v) is 9.70. The van der Waals surface area contributed by atoms with Crippen molar-refractivity contribution < 1.29 is 9.13 Å². The summed E-state index contributed by atoms with van der Waals surface area (Å²) in [5.74, 6) is 0.388. The molecule has 1 aromatic heterocycles. The molecule has 1 saturated carbocycles. The van der Waals surface area contributed by atoms with Crippen LogP contribution in [0.3, 0.4) is 0 Å². The fourth-order valence-electron chi connectivity index (χ4n) is 4.05. The van der Waals surface area contributed by atoms with Gasteiger partial charge in [-0.15, -0.1) is 0 Å². The van der Waals surface area contributed by atoms with Gasteiger partial charge in [-0.25, -0.2) is 9.37 Å². The maximum absolute atomic E-state index is 14.0. The molecule has 5 heteroatoms. The average molecular weight is 365 g/mol. The van der Waals surface area contributed by atoms with Crippen LogP contribution < -0.4 is 0 Å². The predicted molar refractivity (Wildman–Crippen MR) is 103 cm³/mol. The standard InChI is InChI=1S/C22H24FN3O/c1-25-14-24-20-7-5-17(11-21(20)25)22-13-26(8-9-27-22)12-15-2-6-19(23)18(10-15)16-3-4-16/h2,5-7,10-11,14,16,22H,3-4,8-9,12-13H2,1H3. The Hall–Kier alpha value is -2.24. The molecular formula is C22H24FN3O. The Morgan fingerprint density at radius 3 is 2.93 bits per heavy atom. The third-order valence-corrected chi connectivity index (χ3v) is 5.76. The van der Waals surface area contributed by atoms with Gasteiger partial charge >= 0.3 is 0 Å². The molecule has 1 aliphatic carbocycles. The second-order valence-electron chi connectivity index (χ2n) is 7.83. The summed E-state index contributed by atoms with van der Waals surface area (Å²) in [5.41, 5.74) is 5.42. The molecule has 1 saturated heterocycles. The number of morpholine rings is 1. The molecule has 5 rings (SSSR count). The summed E-state index contributed by atoms with van der Waals surface area (Å²) in [6.07, 6.45) is 4.14. The van der Waals surface area contributed by atoms with E-state index < -0.39 is 0 Å². The van der Waals surface area contributed by atoms with Gasteiger partial charge in [-0.2, -0.15) is 0 Å². The van der Waals surface area contributed by atoms with E-state index in [9.17, 15) is 4.39 Å². The first-order chi connectivity index (χ1) is 13.2. The number of benzene rings is 2. The van der Waals surface area contributed by atoms with Gasteiger partial charge in [-0.05, 0) is 53.6 Å². The monoisotopic (exact) mass is 365 g/mol. The van der Waals surface area contributed by atoms with Crippen LogP contribution in [0.15, 0.2) is 42.7 Å². The summed E-state index contributed by atoms with van der Waals surface area (Å²) < 4.78 is 22.1. The Balaban J connectivity index is 1.33. The van der Waals surface area contributed by atoms with Gasteiger partial charge < -0.3 is 9.30 Å². The lowest BCUT2D eigenvalue weighted by molar-refractivity contribution is -0.0328. The summed E-state index contributed by atoms with van der Waals surface area (Å²) in [7, 11) is 2.01. The first-order valence-electron chi connectivity index (χ1n) is 9.70. The molecule has 4 nitrogen and oxygen atoms in total. The normalized spacial score (nSPS) is 21.0. The molecule has 1 atom stereocenters. The Morgan fingerprint density at radius 1 is 1.19 bits per heavy atom. The highest BCUT2D eigenvalue weighted by molar-refractivity contribution is 5.76. The van der Waals surface area contributed by atoms with Crippen molar-refractivity contribution in [2.24, 2.45) is 7.05 Å². The topological polar surface area (TPSA) is 30.3 Å². The maximum atomic E-state index is 14.0. The number of rotatable bonds is 4. The number of nitrogens with zero attached hydrogens (tertiary/aromatic N) is 3. The highest BCUT2D eigenvalue weighted by Crippen LogP contribution is 2.41. The van der Waals surface area contributed by atoms with Crippen molar-refractivity contribution in [1.29, 1.82) is 0 Å². The molecule has 2 fully saturated rings. The molecule has 2 heterocycles. The molecule has 0 N–H and O–H groups in total. The van der Waals surface area contributed by atoms with Crippen LogP contribution >= 0.6 is 0 Å². The van der Waals surface area contributed by atoms with Gasteiger partial charge in [0, 0.05) is 26.7 Å². The molecule has 0 spiro atoms. The third kappa shape index (κ3) is 3.37. The molecule has 3 aromatic rings. The van der Waals surface area contributed by atoms with Crippen LogP contribution in [0.2, 0.25) is 0 Å². The number of aryl methyl sites for hydroxylation is 1. The largest absolute Gasteiger partial charge is 0.371 e. The van der Waals surface area contributed by atoms with Gasteiger partial charge in [-0.3, -0.25) is 4.90 Å². The lowest BCUT2D eigenvalue weighted by atomic mass is 10.0. The van der Waals surface area contributed by atoms with E-state index in [0.29, 0.717) is 12.5 Å². The summed E-state index contributed by atoms with van der Waals surface area (Å²) >= 11 is 0. The zero-order chi connectivity index (χ0) is 18.4. The van der Waals surface area contributed by atoms with Gasteiger partial charge in [0.1, 0.15) is 5.82 Å². The van der Waals surface area contributed by atoms with Crippen LogP contribution in [0, 0.1) is 5.82 Å². The molecule has 1 aliphatic heterocycles. The van der Waals surface area contributed by atoms with Crippen molar-refractivity contribution in [3.63, 3.8) is 0 Å². The smallest absolute Gasteiger partial charge is 0.126 e. The number of halogens is 1. The van der Waals surface area contributed by atoms with E-state index in [4.69, 9.17) is 4.74 Å². The molecule has 2 aliphatic rings. The second-order valence-corrected chi connectivity index (χ2v) is 7.83. The molecular weight excluding hydrogens is 341 g/mol. The average Bonchev–Trinajstić information content (AvgIpc) is 3.47. The number of hydrogen-bond acceptors (Lipinski definition) is 3. The van der Waals surface area contributed by atoms with Crippen molar-refractivity contribution in [2.75, 3.05) is 19.7 Å². The molecule has 27 heavy (non-hydrogen) atoms. The van der Waals surface area contributed by atoms with Crippen molar-refractivity contribution in [3.05, 3.63) is 65.2 Å². The minimum absolute atomic E-state index is 0.0504. The number of fused-ring (bicyclic) bond motifs is 1. The molecule has 0 bridgehead atoms. The molecule has 2 aromatic carbocycles. The van der Waals surface area contributed by atoms with Crippen LogP contribution in [0.1, 0.15) is 41.6 Å². The van der Waals surface area contributed by atoms with Crippen molar-refractivity contribution in [1.82, 2.24) is 14.5 Å². The van der Waals surface area contributed by atoms with Crippen molar-refractivity contribution >= 4 is 11.0 Å². The van der Waals surface area contributed by atoms with E-state index in [-0.39, 0.29) is 11.9 Å². The first kappa shape index (κ1) is 16.9. The van der Waals surface area contributed by atoms with Gasteiger partial charge in [0.05, 0.1) is 30.1 Å². The summed E-state index contributed by atoms with van der Waals surface area (Å²) in [6.45, 7) is 3.30. The van der Waals surface area contributed by atoms with E-state index in [1.807, 2.05) is 24.0 Å². The van der Waals surface area contributed by atoms with Crippen LogP contribution in [-0.4, -0.2) is 34.1 Å². The van der Waals surface area contributed by atoms with Gasteiger partial charge in [0.2, 0.25) is 0 Å². The number of imidazole rings is 1. The lowest BCUT2D eigenvalue weighted by Gasteiger charge is -2.33. The fourth-order valence-corrected chi connectivity index (χ4v) is 4.05. The summed E-state index contributed by atoms with van der Waals surface area (Å²) in [5, 5.41) is 0. The zero-order valence-corrected chi connectivity index (χ0v) is 15.6. The fraction of sp³-hybridized carbons (Fsp3) is 0.409. The Labute approximate surface area is 158 Å². The molecule has 140 valence electrons. The highest BCUT2D eigenvalue weighted by Gasteiger charge is 2.27. The van der Waals surface area contributed by atoms with Gasteiger partial charge in [-0.1, -0.05) is 18.2 Å². The zero-order valence-electron chi connectivity index (χ0n) is 15.6. The van der Waals surface area contributed by atoms with Gasteiger partial charge in [0.15, 0.2) is 0 Å². The van der Waals surface area contributed by atoms with Crippen LogP contribution in [0.25, 0.3) is 11.0 Å². The quantitative estimate of drug-likeness (QED) is 0.695. The molecule has 0 radical (unpaired) electrons. The van der Waals surface area contributed by atoms with E-state index >= 15 is 0 Å². The van der Waals surface area contributed by atoms with E-state index in [0.717, 1.165) is 49.1 Å². The van der Waals surface area contributed by atoms with E-state index in [1.54, 1.807) is 6.07 Å². The SMILES string of the molecule is Cn1cnc2ccc(C3CN(Cc4ccc(F)c(C5CC5)c4)CCO3)cc21. The minimum Gasteiger partial charge on any atom is -0.371 e. The second kappa shape index (κ2) is 6.73. The third-order valence-electron chi connectivity index (χ3n) is 5.76. The summed E-state index contributed by atoms with van der Waals surface area (Å²) in [4.78, 5) is 6.80. The Bertz CT molecular complexity index is 979. The summed E-state index contributed by atoms with van der Waals surface area (Å²) in [6, 6.07) is 12.0. The van der Waals surface area contributed by atoms with Crippen molar-refractivity contribution in [2.45, 2.75) is 31.4 Å². The van der Waals surface area contributed by atoms with Crippen LogP contribution in [0.4, 0.5) is 4.39 Å². The highest BCUT2D eigenvalue weighted by atomic mass is 19.1. The Kier molecular flexibility index (Phi) is 4.21. The number of ether oxygens (including phenoxy) is 1. The van der Waals surface area contributed by atoms with Crippen LogP contribution in [0.5, 0.6) is 0 Å². The maximum Gasteiger partial charge on any atom is 0.126 e. The minimum atomic E-state index is -0.0504. The Morgan fingerprint density at radius 2 is 2.07 bits per heavy atom. The number of aromatic nitrogens is 2. The van der Waals surface area contributed by atoms with Crippen LogP contribution in [-0.2, 0) is 18.3 Å². The van der Waals surface area contributed by atoms with Gasteiger partial charge in [0.25, 0.3) is 0 Å². The van der Waals surface area contributed by atoms with Crippen molar-refractivity contribution in [3.8, 4) is 0 Å². The van der Waals surface area contributed by atoms with E-state index in [1.165, 1.54) is 11.1 Å². The van der Waals surface area contributed by atoms with E-state index in [2.05, 4.69) is 34.1 Å². The number of hydrogen-bond donors (Lipinski definition) is 0.